The van der Waals surface area contributed by atoms with Crippen molar-refractivity contribution in [2.45, 2.75) is 0 Å². The molecule has 120 valence electrons. The van der Waals surface area contributed by atoms with Crippen molar-refractivity contribution in [1.29, 1.82) is 0 Å². The summed E-state index contributed by atoms with van der Waals surface area (Å²) in [6, 6.07) is 13.8. The zero-order valence-corrected chi connectivity index (χ0v) is 13.4. The Bertz CT molecular complexity index is 678. The van der Waals surface area contributed by atoms with Crippen molar-refractivity contribution in [2.75, 3.05) is 32.5 Å². The molecule has 0 amide bonds. The number of allylic oxidation sites excluding steroid dienone is 1. The smallest absolute Gasteiger partial charge is 0.188 e. The Labute approximate surface area is 136 Å². The van der Waals surface area contributed by atoms with Crippen LogP contribution in [0.25, 0.3) is 6.08 Å². The Hall–Kier alpha value is -2.46. The number of benzene rings is 2. The molecule has 2 aromatic carbocycles. The lowest BCUT2D eigenvalue weighted by molar-refractivity contribution is 0.104. The number of nitrogens with zero attached hydrogens (tertiary/aromatic N) is 1. The van der Waals surface area contributed by atoms with Gasteiger partial charge in [-0.3, -0.25) is 4.79 Å². The number of ketones is 1. The van der Waals surface area contributed by atoms with Gasteiger partial charge >= 0.3 is 0 Å². The number of carbonyl (C=O) groups is 1. The normalized spacial score (nSPS) is 11.1. The fourth-order valence-electron chi connectivity index (χ4n) is 2.06. The summed E-state index contributed by atoms with van der Waals surface area (Å²) in [6.07, 6.45) is 3.09. The van der Waals surface area contributed by atoms with Crippen LogP contribution in [0.1, 0.15) is 15.9 Å². The van der Waals surface area contributed by atoms with E-state index in [0.29, 0.717) is 0 Å². The molecule has 2 rings (SSSR count). The summed E-state index contributed by atoms with van der Waals surface area (Å²) in [5, 5.41) is 3.32. The molecule has 3 nitrogen and oxygen atoms in total. The minimum atomic E-state index is -0.498. The van der Waals surface area contributed by atoms with Crippen molar-refractivity contribution >= 4 is 17.5 Å². The lowest BCUT2D eigenvalue weighted by Gasteiger charge is -2.11. The second-order valence-corrected chi connectivity index (χ2v) is 5.53. The molecule has 0 aromatic heterocycles. The molecule has 0 radical (unpaired) electrons. The van der Waals surface area contributed by atoms with Crippen LogP contribution in [0.3, 0.4) is 0 Å². The Kier molecular flexibility index (Phi) is 6.06. The van der Waals surface area contributed by atoms with E-state index in [-0.39, 0.29) is 11.3 Å². The Morgan fingerprint density at radius 2 is 1.83 bits per heavy atom. The van der Waals surface area contributed by atoms with Crippen molar-refractivity contribution in [3.05, 3.63) is 71.6 Å². The van der Waals surface area contributed by atoms with E-state index in [1.807, 2.05) is 38.4 Å². The molecular formula is C19H21FN2O. The first kappa shape index (κ1) is 16.9. The van der Waals surface area contributed by atoms with Crippen molar-refractivity contribution in [3.8, 4) is 0 Å². The minimum Gasteiger partial charge on any atom is -0.384 e. The zero-order chi connectivity index (χ0) is 16.7. The average Bonchev–Trinajstić information content (AvgIpc) is 2.54. The van der Waals surface area contributed by atoms with Gasteiger partial charge in [0.05, 0.1) is 5.56 Å². The van der Waals surface area contributed by atoms with Gasteiger partial charge in [0.25, 0.3) is 0 Å². The van der Waals surface area contributed by atoms with E-state index < -0.39 is 5.82 Å². The van der Waals surface area contributed by atoms with Crippen molar-refractivity contribution in [1.82, 2.24) is 4.90 Å². The molecule has 0 aliphatic rings. The lowest BCUT2D eigenvalue weighted by Crippen LogP contribution is -2.20. The van der Waals surface area contributed by atoms with E-state index in [1.54, 1.807) is 18.2 Å². The SMILES string of the molecule is CN(C)CCNc1ccc(C=CC(=O)c2ccccc2F)cc1. The van der Waals surface area contributed by atoms with Crippen LogP contribution in [0, 0.1) is 5.82 Å². The Balaban J connectivity index is 1.95. The van der Waals surface area contributed by atoms with E-state index in [1.165, 1.54) is 18.2 Å². The monoisotopic (exact) mass is 312 g/mol. The molecule has 0 saturated heterocycles. The van der Waals surface area contributed by atoms with Crippen LogP contribution in [0.4, 0.5) is 10.1 Å². The van der Waals surface area contributed by atoms with Crippen molar-refractivity contribution in [3.63, 3.8) is 0 Å². The Morgan fingerprint density at radius 1 is 1.13 bits per heavy atom. The average molecular weight is 312 g/mol. The van der Waals surface area contributed by atoms with Crippen LogP contribution in [-0.2, 0) is 0 Å². The van der Waals surface area contributed by atoms with Gasteiger partial charge in [0, 0.05) is 18.8 Å². The number of hydrogen-bond acceptors (Lipinski definition) is 3. The highest BCUT2D eigenvalue weighted by Gasteiger charge is 2.06. The molecule has 0 aliphatic heterocycles. The maximum absolute atomic E-state index is 13.5. The maximum Gasteiger partial charge on any atom is 0.188 e. The summed E-state index contributed by atoms with van der Waals surface area (Å²) in [5.41, 5.74) is 2.02. The highest BCUT2D eigenvalue weighted by Crippen LogP contribution is 2.12. The summed E-state index contributed by atoms with van der Waals surface area (Å²) in [6.45, 7) is 1.83. The van der Waals surface area contributed by atoms with Gasteiger partial charge in [-0.25, -0.2) is 4.39 Å². The van der Waals surface area contributed by atoms with Gasteiger partial charge in [-0.05, 0) is 50.0 Å². The summed E-state index contributed by atoms with van der Waals surface area (Å²) in [4.78, 5) is 14.1. The van der Waals surface area contributed by atoms with Crippen molar-refractivity contribution < 1.29 is 9.18 Å². The quantitative estimate of drug-likeness (QED) is 0.625. The molecule has 23 heavy (non-hydrogen) atoms. The molecule has 0 spiro atoms. The number of carbonyl (C=O) groups excluding carboxylic acids is 1. The van der Waals surface area contributed by atoms with Crippen LogP contribution in [-0.4, -0.2) is 37.9 Å². The van der Waals surface area contributed by atoms with Gasteiger partial charge in [0.1, 0.15) is 5.82 Å². The van der Waals surface area contributed by atoms with Gasteiger partial charge in [-0.2, -0.15) is 0 Å². The molecule has 0 heterocycles. The molecular weight excluding hydrogens is 291 g/mol. The first-order chi connectivity index (χ1) is 11.1. The van der Waals surface area contributed by atoms with Crippen LogP contribution >= 0.6 is 0 Å². The zero-order valence-electron chi connectivity index (χ0n) is 13.4. The standard InChI is InChI=1S/C19H21FN2O/c1-22(2)14-13-21-16-10-7-15(8-11-16)9-12-19(23)17-5-3-4-6-18(17)20/h3-12,21H,13-14H2,1-2H3. The molecule has 4 heteroatoms. The Morgan fingerprint density at radius 3 is 2.48 bits per heavy atom. The number of likely N-dealkylation sites (N-methyl/N-ethyl adjacent to an activating group) is 1. The second kappa shape index (κ2) is 8.25. The molecule has 0 saturated carbocycles. The van der Waals surface area contributed by atoms with Gasteiger partial charge < -0.3 is 10.2 Å². The molecule has 1 N–H and O–H groups in total. The largest absolute Gasteiger partial charge is 0.384 e. The van der Waals surface area contributed by atoms with Crippen LogP contribution in [0.2, 0.25) is 0 Å². The fourth-order valence-corrected chi connectivity index (χ4v) is 2.06. The minimum absolute atomic E-state index is 0.0886. The highest BCUT2D eigenvalue weighted by atomic mass is 19.1. The maximum atomic E-state index is 13.5. The number of anilines is 1. The van der Waals surface area contributed by atoms with Gasteiger partial charge in [0.15, 0.2) is 5.78 Å². The second-order valence-electron chi connectivity index (χ2n) is 5.53. The highest BCUT2D eigenvalue weighted by molar-refractivity contribution is 6.06. The first-order valence-corrected chi connectivity index (χ1v) is 7.52. The molecule has 0 aliphatic carbocycles. The topological polar surface area (TPSA) is 32.3 Å². The molecule has 0 fully saturated rings. The van der Waals surface area contributed by atoms with E-state index in [4.69, 9.17) is 0 Å². The number of rotatable bonds is 7. The molecule has 2 aromatic rings. The molecule has 0 atom stereocenters. The van der Waals surface area contributed by atoms with E-state index in [2.05, 4.69) is 10.2 Å². The van der Waals surface area contributed by atoms with Gasteiger partial charge in [0.2, 0.25) is 0 Å². The predicted molar refractivity (Wildman–Crippen MR) is 93.3 cm³/mol. The van der Waals surface area contributed by atoms with Crippen molar-refractivity contribution in [2.24, 2.45) is 0 Å². The fraction of sp³-hybridized carbons (Fsp3) is 0.211. The molecule has 0 unspecified atom stereocenters. The lowest BCUT2D eigenvalue weighted by atomic mass is 10.1. The number of nitrogens with one attached hydrogen (secondary N) is 1. The third-order valence-electron chi connectivity index (χ3n) is 3.37. The summed E-state index contributed by atoms with van der Waals surface area (Å²) in [5.74, 6) is -0.834. The van der Waals surface area contributed by atoms with Gasteiger partial charge in [-0.15, -0.1) is 0 Å². The number of hydrogen-bond donors (Lipinski definition) is 1. The number of halogens is 1. The summed E-state index contributed by atoms with van der Waals surface area (Å²) in [7, 11) is 4.06. The van der Waals surface area contributed by atoms with Crippen LogP contribution < -0.4 is 5.32 Å². The summed E-state index contributed by atoms with van der Waals surface area (Å²) >= 11 is 0. The first-order valence-electron chi connectivity index (χ1n) is 7.52. The van der Waals surface area contributed by atoms with E-state index >= 15 is 0 Å². The van der Waals surface area contributed by atoms with Crippen LogP contribution in [0.15, 0.2) is 54.6 Å². The van der Waals surface area contributed by atoms with Gasteiger partial charge in [-0.1, -0.05) is 30.3 Å². The van der Waals surface area contributed by atoms with Crippen LogP contribution in [0.5, 0.6) is 0 Å². The van der Waals surface area contributed by atoms with E-state index in [9.17, 15) is 9.18 Å². The predicted octanol–water partition coefficient (Wildman–Crippen LogP) is 3.70. The third-order valence-corrected chi connectivity index (χ3v) is 3.37. The third kappa shape index (κ3) is 5.34. The summed E-state index contributed by atoms with van der Waals surface area (Å²) < 4.78 is 13.5. The molecule has 0 bridgehead atoms. The van der Waals surface area contributed by atoms with E-state index in [0.717, 1.165) is 24.3 Å².